The van der Waals surface area contributed by atoms with Gasteiger partial charge in [-0.25, -0.2) is 8.42 Å². The minimum absolute atomic E-state index is 0.0620. The maximum absolute atomic E-state index is 13.5. The number of sulfonamides is 1. The highest BCUT2D eigenvalue weighted by Gasteiger charge is 2.32. The molecule has 142 valence electrons. The first-order valence-electron chi connectivity index (χ1n) is 7.88. The Morgan fingerprint density at radius 3 is 2.52 bits per heavy atom. The molecule has 0 atom stereocenters. The molecule has 0 aromatic heterocycles. The third-order valence-electron chi connectivity index (χ3n) is 4.00. The molecule has 0 fully saturated rings. The first kappa shape index (κ1) is 21.1. The zero-order valence-electron chi connectivity index (χ0n) is 15.0. The molecule has 0 spiro atoms. The summed E-state index contributed by atoms with van der Waals surface area (Å²) in [6, 6.07) is 7.95. The van der Waals surface area contributed by atoms with Gasteiger partial charge < -0.3 is 5.32 Å². The molecule has 27 heavy (non-hydrogen) atoms. The van der Waals surface area contributed by atoms with Crippen LogP contribution in [0.15, 0.2) is 35.2 Å². The van der Waals surface area contributed by atoms with Gasteiger partial charge in [0.1, 0.15) is 11.4 Å². The summed E-state index contributed by atoms with van der Waals surface area (Å²) in [5.74, 6) is 1.96. The average molecular weight is 425 g/mol. The molecule has 0 heterocycles. The maximum Gasteiger partial charge on any atom is 0.266 e. The van der Waals surface area contributed by atoms with Gasteiger partial charge in [0.05, 0.1) is 10.7 Å². The summed E-state index contributed by atoms with van der Waals surface area (Å²) < 4.78 is 27.9. The summed E-state index contributed by atoms with van der Waals surface area (Å²) in [4.78, 5) is 11.9. The number of carbonyl (C=O) groups is 1. The number of nitrogens with zero attached hydrogens (tertiary/aromatic N) is 1. The number of terminal acetylenes is 1. The van der Waals surface area contributed by atoms with Crippen LogP contribution in [-0.4, -0.2) is 27.9 Å². The van der Waals surface area contributed by atoms with E-state index >= 15 is 0 Å². The van der Waals surface area contributed by atoms with E-state index in [4.69, 9.17) is 29.6 Å². The normalized spacial score (nSPS) is 11.0. The maximum atomic E-state index is 13.5. The molecule has 0 aliphatic carbocycles. The van der Waals surface area contributed by atoms with Crippen molar-refractivity contribution in [2.24, 2.45) is 0 Å². The molecule has 8 heteroatoms. The molecule has 0 unspecified atom stereocenters. The van der Waals surface area contributed by atoms with Gasteiger partial charge in [-0.2, -0.15) is 0 Å². The smallest absolute Gasteiger partial charge is 0.266 e. The summed E-state index contributed by atoms with van der Waals surface area (Å²) in [5, 5.41) is 2.76. The molecule has 1 N–H and O–H groups in total. The predicted octanol–water partition coefficient (Wildman–Crippen LogP) is 3.53. The van der Waals surface area contributed by atoms with Crippen molar-refractivity contribution in [1.29, 1.82) is 0 Å². The fourth-order valence-electron chi connectivity index (χ4n) is 2.51. The van der Waals surface area contributed by atoms with Gasteiger partial charge in [0, 0.05) is 17.6 Å². The van der Waals surface area contributed by atoms with Crippen molar-refractivity contribution < 1.29 is 13.2 Å². The van der Waals surface area contributed by atoms with Crippen LogP contribution in [0, 0.1) is 26.2 Å². The van der Waals surface area contributed by atoms with Crippen LogP contribution in [0.4, 0.5) is 5.69 Å². The van der Waals surface area contributed by atoms with Crippen LogP contribution >= 0.6 is 23.2 Å². The van der Waals surface area contributed by atoms with E-state index in [1.54, 1.807) is 38.1 Å². The van der Waals surface area contributed by atoms with E-state index in [1.165, 1.54) is 13.1 Å². The molecule has 2 rings (SSSR count). The van der Waals surface area contributed by atoms with Gasteiger partial charge >= 0.3 is 0 Å². The molecular weight excluding hydrogens is 407 g/mol. The average Bonchev–Trinajstić information content (AvgIpc) is 2.64. The number of hydrogen-bond donors (Lipinski definition) is 1. The minimum Gasteiger partial charge on any atom is -0.358 e. The Balaban J connectivity index is 2.76. The first-order valence-corrected chi connectivity index (χ1v) is 10.1. The van der Waals surface area contributed by atoms with Crippen molar-refractivity contribution in [3.8, 4) is 12.3 Å². The Hall–Kier alpha value is -2.20. The van der Waals surface area contributed by atoms with Crippen LogP contribution in [-0.2, 0) is 14.8 Å². The third kappa shape index (κ3) is 4.22. The van der Waals surface area contributed by atoms with E-state index in [1.807, 2.05) is 0 Å². The number of halogens is 2. The lowest BCUT2D eigenvalue weighted by atomic mass is 10.2. The van der Waals surface area contributed by atoms with E-state index in [2.05, 4.69) is 11.2 Å². The monoisotopic (exact) mass is 424 g/mol. The molecule has 0 saturated carbocycles. The minimum atomic E-state index is -4.20. The Bertz CT molecular complexity index is 1020. The number of benzene rings is 2. The lowest BCUT2D eigenvalue weighted by Crippen LogP contribution is -2.40. The van der Waals surface area contributed by atoms with Crippen molar-refractivity contribution in [2.45, 2.75) is 18.7 Å². The van der Waals surface area contributed by atoms with Gasteiger partial charge in [0.25, 0.3) is 10.0 Å². The molecule has 5 nitrogen and oxygen atoms in total. The Kier molecular flexibility index (Phi) is 6.42. The van der Waals surface area contributed by atoms with Crippen LogP contribution in [0.5, 0.6) is 0 Å². The van der Waals surface area contributed by atoms with E-state index < -0.39 is 22.5 Å². The standard InChI is InChI=1S/C19H18Cl2N2O3S/c1-5-14-7-6-8-15(10-14)23(11-17(24)22-4)27(25,26)19-13(3)16(20)9-12(2)18(19)21/h1,6-10H,11H2,2-4H3,(H,22,24). The fourth-order valence-corrected chi connectivity index (χ4v) is 5.09. The van der Waals surface area contributed by atoms with Crippen molar-refractivity contribution >= 4 is 44.8 Å². The number of hydrogen-bond acceptors (Lipinski definition) is 3. The topological polar surface area (TPSA) is 66.5 Å². The highest BCUT2D eigenvalue weighted by molar-refractivity contribution is 7.93. The lowest BCUT2D eigenvalue weighted by molar-refractivity contribution is -0.119. The highest BCUT2D eigenvalue weighted by atomic mass is 35.5. The third-order valence-corrected chi connectivity index (χ3v) is 6.94. The number of aryl methyl sites for hydroxylation is 1. The SMILES string of the molecule is C#Cc1cccc(N(CC(=O)NC)S(=O)(=O)c2c(C)c(Cl)cc(C)c2Cl)c1. The highest BCUT2D eigenvalue weighted by Crippen LogP contribution is 2.36. The van der Waals surface area contributed by atoms with Crippen molar-refractivity contribution in [2.75, 3.05) is 17.9 Å². The molecule has 2 aromatic carbocycles. The predicted molar refractivity (Wildman–Crippen MR) is 109 cm³/mol. The summed E-state index contributed by atoms with van der Waals surface area (Å²) in [6.45, 7) is 2.79. The fraction of sp³-hybridized carbons (Fsp3) is 0.211. The second-order valence-electron chi connectivity index (χ2n) is 5.82. The van der Waals surface area contributed by atoms with E-state index in [0.29, 0.717) is 16.7 Å². The van der Waals surface area contributed by atoms with E-state index in [0.717, 1.165) is 4.31 Å². The van der Waals surface area contributed by atoms with Crippen molar-refractivity contribution in [3.05, 3.63) is 57.1 Å². The number of anilines is 1. The summed E-state index contributed by atoms with van der Waals surface area (Å²) in [5.41, 5.74) is 1.56. The van der Waals surface area contributed by atoms with Gasteiger partial charge in [-0.3, -0.25) is 9.10 Å². The summed E-state index contributed by atoms with van der Waals surface area (Å²) in [6.07, 6.45) is 5.42. The van der Waals surface area contributed by atoms with Crippen molar-refractivity contribution in [1.82, 2.24) is 5.32 Å². The molecule has 0 radical (unpaired) electrons. The van der Waals surface area contributed by atoms with Crippen LogP contribution < -0.4 is 9.62 Å². The number of amides is 1. The van der Waals surface area contributed by atoms with E-state index in [9.17, 15) is 13.2 Å². The van der Waals surface area contributed by atoms with Gasteiger partial charge in [0.15, 0.2) is 0 Å². The second-order valence-corrected chi connectivity index (χ2v) is 8.41. The van der Waals surface area contributed by atoms with Crippen LogP contribution in [0.25, 0.3) is 0 Å². The quantitative estimate of drug-likeness (QED) is 0.746. The zero-order valence-corrected chi connectivity index (χ0v) is 17.3. The van der Waals surface area contributed by atoms with Crippen molar-refractivity contribution in [3.63, 3.8) is 0 Å². The molecule has 2 aromatic rings. The van der Waals surface area contributed by atoms with Crippen LogP contribution in [0.3, 0.4) is 0 Å². The zero-order chi connectivity index (χ0) is 20.4. The van der Waals surface area contributed by atoms with Gasteiger partial charge in [0.2, 0.25) is 5.91 Å². The second kappa shape index (κ2) is 8.22. The molecular formula is C19H18Cl2N2O3S. The Labute approximate surface area is 169 Å². The molecule has 1 amide bonds. The number of nitrogens with one attached hydrogen (secondary N) is 1. The van der Waals surface area contributed by atoms with Crippen LogP contribution in [0.2, 0.25) is 10.0 Å². The molecule has 0 aliphatic rings. The van der Waals surface area contributed by atoms with Gasteiger partial charge in [-0.15, -0.1) is 6.42 Å². The van der Waals surface area contributed by atoms with Gasteiger partial charge in [-0.1, -0.05) is 35.2 Å². The molecule has 0 aliphatic heterocycles. The number of carbonyl (C=O) groups excluding carboxylic acids is 1. The molecule has 0 bridgehead atoms. The lowest BCUT2D eigenvalue weighted by Gasteiger charge is -2.26. The Morgan fingerprint density at radius 2 is 1.93 bits per heavy atom. The van der Waals surface area contributed by atoms with Gasteiger partial charge in [-0.05, 0) is 49.2 Å². The Morgan fingerprint density at radius 1 is 1.26 bits per heavy atom. The summed E-state index contributed by atoms with van der Waals surface area (Å²) in [7, 11) is -2.78. The largest absolute Gasteiger partial charge is 0.358 e. The van der Waals surface area contributed by atoms with Crippen LogP contribution in [0.1, 0.15) is 16.7 Å². The molecule has 0 saturated heterocycles. The summed E-state index contributed by atoms with van der Waals surface area (Å²) >= 11 is 12.5. The van der Waals surface area contributed by atoms with E-state index in [-0.39, 0.29) is 20.6 Å². The number of likely N-dealkylation sites (N-methyl/N-ethyl adjacent to an activating group) is 1. The number of rotatable bonds is 5. The first-order chi connectivity index (χ1) is 12.6.